The Morgan fingerprint density at radius 1 is 1.00 bits per heavy atom. The minimum atomic E-state index is -0.411. The fraction of sp³-hybridized carbons (Fsp3) is 0.0870. The van der Waals surface area contributed by atoms with Gasteiger partial charge in [-0.25, -0.2) is 9.07 Å². The van der Waals surface area contributed by atoms with E-state index < -0.39 is 6.10 Å². The lowest BCUT2D eigenvalue weighted by atomic mass is 9.85. The molecule has 0 fully saturated rings. The van der Waals surface area contributed by atoms with E-state index in [1.165, 1.54) is 18.5 Å². The standard InChI is InChI=1S/C23H15ClFN5O/c24-15-3-6-18-17(11-15)20-19(22(31-18)14-7-9-26-10-8-14)21(13-1-4-16(25)5-2-13)30-23(29-20)27-12-28-30/h1-12,21-22H,(H,27,28,29)/t21-,22-/m1/s1. The maximum atomic E-state index is 13.7. The Labute approximate surface area is 182 Å². The number of nitrogens with one attached hydrogen (secondary N) is 1. The van der Waals surface area contributed by atoms with Gasteiger partial charge in [0, 0.05) is 28.6 Å². The number of benzene rings is 2. The van der Waals surface area contributed by atoms with E-state index in [9.17, 15) is 4.39 Å². The van der Waals surface area contributed by atoms with Gasteiger partial charge < -0.3 is 10.1 Å². The Morgan fingerprint density at radius 2 is 1.81 bits per heavy atom. The van der Waals surface area contributed by atoms with Crippen molar-refractivity contribution in [2.45, 2.75) is 12.1 Å². The van der Waals surface area contributed by atoms with Crippen LogP contribution in [0.3, 0.4) is 0 Å². The molecule has 0 saturated heterocycles. The fourth-order valence-corrected chi connectivity index (χ4v) is 4.39. The summed E-state index contributed by atoms with van der Waals surface area (Å²) < 4.78 is 22.0. The molecule has 2 aliphatic rings. The van der Waals surface area contributed by atoms with Crippen molar-refractivity contribution < 1.29 is 9.13 Å². The summed E-state index contributed by atoms with van der Waals surface area (Å²) in [5, 5.41) is 8.47. The van der Waals surface area contributed by atoms with Gasteiger partial charge in [-0.15, -0.1) is 0 Å². The van der Waals surface area contributed by atoms with Crippen LogP contribution in [0.1, 0.15) is 28.8 Å². The second kappa shape index (κ2) is 6.92. The molecule has 6 rings (SSSR count). The summed E-state index contributed by atoms with van der Waals surface area (Å²) in [6, 6.07) is 15.5. The number of hydrogen-bond donors (Lipinski definition) is 1. The third kappa shape index (κ3) is 2.89. The average molecular weight is 432 g/mol. The zero-order valence-corrected chi connectivity index (χ0v) is 16.8. The molecule has 0 bridgehead atoms. The van der Waals surface area contributed by atoms with Crippen molar-refractivity contribution in [1.82, 2.24) is 19.7 Å². The number of nitrogens with zero attached hydrogens (tertiary/aromatic N) is 4. The van der Waals surface area contributed by atoms with Crippen molar-refractivity contribution in [2.24, 2.45) is 0 Å². The van der Waals surface area contributed by atoms with E-state index in [2.05, 4.69) is 20.4 Å². The molecule has 31 heavy (non-hydrogen) atoms. The molecule has 2 aliphatic heterocycles. The quantitative estimate of drug-likeness (QED) is 0.482. The second-order valence-corrected chi connectivity index (χ2v) is 7.79. The molecule has 8 heteroatoms. The normalized spacial score (nSPS) is 19.0. The molecule has 0 unspecified atom stereocenters. The van der Waals surface area contributed by atoms with Gasteiger partial charge in [-0.1, -0.05) is 23.7 Å². The van der Waals surface area contributed by atoms with Gasteiger partial charge >= 0.3 is 0 Å². The van der Waals surface area contributed by atoms with Gasteiger partial charge in [-0.05, 0) is 53.6 Å². The number of hydrogen-bond acceptors (Lipinski definition) is 5. The molecule has 2 aromatic carbocycles. The molecular weight excluding hydrogens is 417 g/mol. The molecule has 4 aromatic rings. The maximum Gasteiger partial charge on any atom is 0.226 e. The van der Waals surface area contributed by atoms with Crippen molar-refractivity contribution in [2.75, 3.05) is 5.32 Å². The Morgan fingerprint density at radius 3 is 2.61 bits per heavy atom. The Balaban J connectivity index is 1.64. The highest BCUT2D eigenvalue weighted by Gasteiger charge is 2.41. The minimum absolute atomic E-state index is 0.298. The Kier molecular flexibility index (Phi) is 4.04. The number of ether oxygens (including phenoxy) is 1. The first-order valence-electron chi connectivity index (χ1n) is 9.71. The number of pyridine rings is 1. The number of anilines is 1. The third-order valence-corrected chi connectivity index (χ3v) is 5.81. The highest BCUT2D eigenvalue weighted by molar-refractivity contribution is 6.30. The summed E-state index contributed by atoms with van der Waals surface area (Å²) in [7, 11) is 0. The van der Waals surface area contributed by atoms with Crippen LogP contribution in [0.25, 0.3) is 5.70 Å². The summed E-state index contributed by atoms with van der Waals surface area (Å²) in [6.45, 7) is 0. The zero-order valence-electron chi connectivity index (χ0n) is 16.0. The lowest BCUT2D eigenvalue weighted by Gasteiger charge is -2.39. The monoisotopic (exact) mass is 431 g/mol. The largest absolute Gasteiger partial charge is 0.480 e. The predicted molar refractivity (Wildman–Crippen MR) is 114 cm³/mol. The van der Waals surface area contributed by atoms with Gasteiger partial charge in [0.2, 0.25) is 5.95 Å². The first-order chi connectivity index (χ1) is 15.2. The smallest absolute Gasteiger partial charge is 0.226 e. The van der Waals surface area contributed by atoms with E-state index in [1.807, 2.05) is 24.3 Å². The first-order valence-corrected chi connectivity index (χ1v) is 10.1. The average Bonchev–Trinajstić information content (AvgIpc) is 3.27. The van der Waals surface area contributed by atoms with E-state index in [1.54, 1.807) is 35.3 Å². The number of fused-ring (bicyclic) bond motifs is 3. The summed E-state index contributed by atoms with van der Waals surface area (Å²) in [5.41, 5.74) is 4.45. The van der Waals surface area contributed by atoms with E-state index in [0.717, 1.165) is 28.0 Å². The van der Waals surface area contributed by atoms with E-state index in [-0.39, 0.29) is 11.9 Å². The number of halogens is 2. The SMILES string of the molecule is Fc1ccc([C@@H]2C3=C(Nc4ncnn42)c2cc(Cl)ccc2O[C@@H]3c2ccncc2)cc1. The summed E-state index contributed by atoms with van der Waals surface area (Å²) in [4.78, 5) is 8.52. The predicted octanol–water partition coefficient (Wildman–Crippen LogP) is 5.03. The van der Waals surface area contributed by atoms with Crippen molar-refractivity contribution in [3.8, 4) is 5.75 Å². The van der Waals surface area contributed by atoms with Gasteiger partial charge in [0.25, 0.3) is 0 Å². The molecule has 152 valence electrons. The van der Waals surface area contributed by atoms with Gasteiger partial charge in [0.05, 0.1) is 5.70 Å². The zero-order chi connectivity index (χ0) is 20.9. The number of aromatic nitrogens is 4. The van der Waals surface area contributed by atoms with Crippen molar-refractivity contribution in [3.63, 3.8) is 0 Å². The molecular formula is C23H15ClFN5O. The summed E-state index contributed by atoms with van der Waals surface area (Å²) in [5.74, 6) is 1.01. The van der Waals surface area contributed by atoms with Gasteiger partial charge in [0.1, 0.15) is 30.0 Å². The molecule has 0 radical (unpaired) electrons. The molecule has 4 heterocycles. The third-order valence-electron chi connectivity index (χ3n) is 5.57. The van der Waals surface area contributed by atoms with Crippen LogP contribution in [0.15, 0.2) is 78.9 Å². The highest BCUT2D eigenvalue weighted by Crippen LogP contribution is 2.50. The van der Waals surface area contributed by atoms with Crippen LogP contribution in [0.5, 0.6) is 5.75 Å². The lowest BCUT2D eigenvalue weighted by molar-refractivity contribution is 0.223. The highest BCUT2D eigenvalue weighted by atomic mass is 35.5. The van der Waals surface area contributed by atoms with Crippen molar-refractivity contribution >= 4 is 23.2 Å². The molecule has 0 spiro atoms. The van der Waals surface area contributed by atoms with Crippen molar-refractivity contribution in [1.29, 1.82) is 0 Å². The summed E-state index contributed by atoms with van der Waals surface area (Å²) in [6.07, 6.45) is 4.56. The van der Waals surface area contributed by atoms with Gasteiger partial charge in [-0.2, -0.15) is 10.1 Å². The van der Waals surface area contributed by atoms with Crippen LogP contribution in [0.2, 0.25) is 5.02 Å². The van der Waals surface area contributed by atoms with E-state index >= 15 is 0 Å². The van der Waals surface area contributed by atoms with Crippen LogP contribution >= 0.6 is 11.6 Å². The lowest BCUT2D eigenvalue weighted by Crippen LogP contribution is -2.32. The van der Waals surface area contributed by atoms with Gasteiger partial charge in [-0.3, -0.25) is 4.98 Å². The molecule has 2 atom stereocenters. The van der Waals surface area contributed by atoms with E-state index in [0.29, 0.717) is 16.7 Å². The fourth-order valence-electron chi connectivity index (χ4n) is 4.22. The molecule has 6 nitrogen and oxygen atoms in total. The van der Waals surface area contributed by atoms with Crippen LogP contribution in [-0.2, 0) is 0 Å². The minimum Gasteiger partial charge on any atom is -0.480 e. The van der Waals surface area contributed by atoms with Crippen LogP contribution in [0, 0.1) is 5.82 Å². The van der Waals surface area contributed by atoms with E-state index in [4.69, 9.17) is 16.3 Å². The first kappa shape index (κ1) is 18.1. The van der Waals surface area contributed by atoms with Crippen LogP contribution in [-0.4, -0.2) is 19.7 Å². The molecule has 0 saturated carbocycles. The Hall–Kier alpha value is -3.71. The van der Waals surface area contributed by atoms with Crippen molar-refractivity contribution in [3.05, 3.63) is 106 Å². The molecule has 2 aromatic heterocycles. The molecule has 0 aliphatic carbocycles. The Bertz CT molecular complexity index is 1320. The summed E-state index contributed by atoms with van der Waals surface area (Å²) >= 11 is 6.32. The maximum absolute atomic E-state index is 13.7. The molecule has 1 N–H and O–H groups in total. The van der Waals surface area contributed by atoms with Crippen LogP contribution in [0.4, 0.5) is 10.3 Å². The molecule has 0 amide bonds. The second-order valence-electron chi connectivity index (χ2n) is 7.36. The number of rotatable bonds is 2. The van der Waals surface area contributed by atoms with Gasteiger partial charge in [0.15, 0.2) is 0 Å². The topological polar surface area (TPSA) is 64.9 Å². The van der Waals surface area contributed by atoms with Crippen LogP contribution < -0.4 is 10.1 Å².